The molecule has 0 aromatic rings. The molecule has 3 rings (SSSR count). The minimum atomic E-state index is -0.568. The molecule has 3 amide bonds. The molecule has 2 heterocycles. The highest BCUT2D eigenvalue weighted by atomic mass is 16.2. The molecule has 3 fully saturated rings. The summed E-state index contributed by atoms with van der Waals surface area (Å²) in [6.45, 7) is 0. The molecule has 4 unspecified atom stereocenters. The van der Waals surface area contributed by atoms with Crippen molar-refractivity contribution in [3.63, 3.8) is 0 Å². The molecule has 116 valence electrons. The number of carbonyl (C=O) groups is 3. The van der Waals surface area contributed by atoms with Gasteiger partial charge in [0.25, 0.3) is 0 Å². The van der Waals surface area contributed by atoms with Crippen LogP contribution >= 0.6 is 0 Å². The Morgan fingerprint density at radius 3 is 2.67 bits per heavy atom. The molecule has 3 aliphatic rings. The Balaban J connectivity index is 1.53. The van der Waals surface area contributed by atoms with Gasteiger partial charge in [-0.2, -0.15) is 0 Å². The summed E-state index contributed by atoms with van der Waals surface area (Å²) in [5, 5.41) is 8.52. The third-order valence-electron chi connectivity index (χ3n) is 5.02. The fourth-order valence-electron chi connectivity index (χ4n) is 3.81. The lowest BCUT2D eigenvalue weighted by atomic mass is 9.77. The first kappa shape index (κ1) is 14.5. The van der Waals surface area contributed by atoms with E-state index >= 15 is 0 Å². The molecule has 21 heavy (non-hydrogen) atoms. The minimum Gasteiger partial charge on any atom is -0.343 e. The number of carbonyl (C=O) groups excluding carboxylic acids is 3. The maximum Gasteiger partial charge on any atom is 0.249 e. The van der Waals surface area contributed by atoms with Gasteiger partial charge in [0, 0.05) is 12.5 Å². The Kier molecular flexibility index (Phi) is 4.24. The van der Waals surface area contributed by atoms with E-state index in [4.69, 9.17) is 0 Å². The summed E-state index contributed by atoms with van der Waals surface area (Å²) in [5.74, 6) is -0.0378. The summed E-state index contributed by atoms with van der Waals surface area (Å²) >= 11 is 0. The lowest BCUT2D eigenvalue weighted by Crippen LogP contribution is -2.59. The third-order valence-corrected chi connectivity index (χ3v) is 5.02. The van der Waals surface area contributed by atoms with Crippen LogP contribution in [0.5, 0.6) is 0 Å². The Morgan fingerprint density at radius 1 is 1.05 bits per heavy atom. The normalized spacial score (nSPS) is 36.6. The number of amides is 3. The van der Waals surface area contributed by atoms with Crippen molar-refractivity contribution in [1.82, 2.24) is 16.0 Å². The molecule has 0 bridgehead atoms. The van der Waals surface area contributed by atoms with Crippen LogP contribution in [-0.2, 0) is 14.4 Å². The van der Waals surface area contributed by atoms with Crippen molar-refractivity contribution in [3.05, 3.63) is 0 Å². The number of nitrogens with one attached hydrogen (secondary N) is 3. The highest BCUT2D eigenvalue weighted by molar-refractivity contribution is 6.02. The summed E-state index contributed by atoms with van der Waals surface area (Å²) in [6.07, 6.45) is 7.55. The first-order valence-corrected chi connectivity index (χ1v) is 8.03. The molecule has 2 aliphatic heterocycles. The van der Waals surface area contributed by atoms with Gasteiger partial charge in [0.2, 0.25) is 17.7 Å². The van der Waals surface area contributed by atoms with Crippen LogP contribution in [0.1, 0.15) is 51.4 Å². The number of hydrogen-bond acceptors (Lipinski definition) is 4. The van der Waals surface area contributed by atoms with E-state index < -0.39 is 6.04 Å². The predicted molar refractivity (Wildman–Crippen MR) is 76.2 cm³/mol. The first-order chi connectivity index (χ1) is 10.1. The second kappa shape index (κ2) is 6.13. The van der Waals surface area contributed by atoms with Gasteiger partial charge in [0.05, 0.1) is 6.04 Å². The Bertz CT molecular complexity index is 451. The molecule has 0 spiro atoms. The topological polar surface area (TPSA) is 87.3 Å². The third kappa shape index (κ3) is 3.26. The number of piperidine rings is 2. The zero-order valence-corrected chi connectivity index (χ0v) is 12.2. The summed E-state index contributed by atoms with van der Waals surface area (Å²) in [6, 6.07) is -0.319. The molecule has 0 aromatic carbocycles. The van der Waals surface area contributed by atoms with Gasteiger partial charge < -0.3 is 10.6 Å². The van der Waals surface area contributed by atoms with E-state index in [1.165, 1.54) is 19.3 Å². The van der Waals surface area contributed by atoms with Crippen molar-refractivity contribution >= 4 is 17.7 Å². The van der Waals surface area contributed by atoms with Gasteiger partial charge in [-0.25, -0.2) is 0 Å². The van der Waals surface area contributed by atoms with Crippen molar-refractivity contribution in [3.8, 4) is 0 Å². The van der Waals surface area contributed by atoms with Crippen molar-refractivity contribution in [2.75, 3.05) is 0 Å². The molecule has 1 aliphatic carbocycles. The fourth-order valence-corrected chi connectivity index (χ4v) is 3.81. The van der Waals surface area contributed by atoms with Gasteiger partial charge in [-0.1, -0.05) is 12.8 Å². The lowest BCUT2D eigenvalue weighted by molar-refractivity contribution is -0.138. The Hall–Kier alpha value is -1.43. The number of imide groups is 1. The summed E-state index contributed by atoms with van der Waals surface area (Å²) in [4.78, 5) is 35.1. The zero-order valence-electron chi connectivity index (χ0n) is 12.2. The molecule has 1 saturated carbocycles. The van der Waals surface area contributed by atoms with E-state index in [1.807, 2.05) is 0 Å². The van der Waals surface area contributed by atoms with Crippen LogP contribution in [0, 0.1) is 5.92 Å². The van der Waals surface area contributed by atoms with Crippen LogP contribution < -0.4 is 16.0 Å². The van der Waals surface area contributed by atoms with Crippen LogP contribution in [0.2, 0.25) is 0 Å². The molecule has 6 heteroatoms. The van der Waals surface area contributed by atoms with Gasteiger partial charge in [-0.3, -0.25) is 19.7 Å². The van der Waals surface area contributed by atoms with Gasteiger partial charge in [-0.15, -0.1) is 0 Å². The SMILES string of the molecule is O=C1CCC(NC(=O)C2CCC3CCCCC3N2)C(=O)N1. The standard InChI is InChI=1S/C15H23N3O3/c19-13-8-7-12(15(21)18-13)17-14(20)11-6-5-9-3-1-2-4-10(9)16-11/h9-12,16H,1-8H2,(H,17,20)(H,18,19,21). The minimum absolute atomic E-state index is 0.103. The molecule has 0 radical (unpaired) electrons. The smallest absolute Gasteiger partial charge is 0.249 e. The van der Waals surface area contributed by atoms with Crippen molar-refractivity contribution in [2.45, 2.75) is 69.5 Å². The first-order valence-electron chi connectivity index (χ1n) is 8.03. The zero-order chi connectivity index (χ0) is 14.8. The van der Waals surface area contributed by atoms with E-state index in [0.29, 0.717) is 24.8 Å². The van der Waals surface area contributed by atoms with Gasteiger partial charge in [0.15, 0.2) is 0 Å². The molecular weight excluding hydrogens is 270 g/mol. The maximum atomic E-state index is 12.3. The molecule has 0 aromatic heterocycles. The highest BCUT2D eigenvalue weighted by Gasteiger charge is 2.36. The van der Waals surface area contributed by atoms with Crippen molar-refractivity contribution in [1.29, 1.82) is 0 Å². The maximum absolute atomic E-state index is 12.3. The predicted octanol–water partition coefficient (Wildman–Crippen LogP) is 0.219. The van der Waals surface area contributed by atoms with Gasteiger partial charge in [0.1, 0.15) is 6.04 Å². The highest BCUT2D eigenvalue weighted by Crippen LogP contribution is 2.32. The summed E-state index contributed by atoms with van der Waals surface area (Å²) < 4.78 is 0. The van der Waals surface area contributed by atoms with E-state index in [1.54, 1.807) is 0 Å². The molecule has 2 saturated heterocycles. The molecule has 6 nitrogen and oxygen atoms in total. The second-order valence-corrected chi connectivity index (χ2v) is 6.46. The molecular formula is C15H23N3O3. The molecule has 4 atom stereocenters. The van der Waals surface area contributed by atoms with Crippen LogP contribution in [0.15, 0.2) is 0 Å². The van der Waals surface area contributed by atoms with Crippen molar-refractivity contribution < 1.29 is 14.4 Å². The largest absolute Gasteiger partial charge is 0.343 e. The fraction of sp³-hybridized carbons (Fsp3) is 0.800. The van der Waals surface area contributed by atoms with Crippen LogP contribution in [0.4, 0.5) is 0 Å². The average Bonchev–Trinajstić information content (AvgIpc) is 2.49. The Morgan fingerprint density at radius 2 is 1.86 bits per heavy atom. The van der Waals surface area contributed by atoms with Crippen molar-refractivity contribution in [2.24, 2.45) is 5.92 Å². The average molecular weight is 293 g/mol. The monoisotopic (exact) mass is 293 g/mol. The van der Waals surface area contributed by atoms with E-state index in [2.05, 4.69) is 16.0 Å². The van der Waals surface area contributed by atoms with E-state index in [-0.39, 0.29) is 23.8 Å². The Labute approximate surface area is 124 Å². The number of fused-ring (bicyclic) bond motifs is 1. The lowest BCUT2D eigenvalue weighted by Gasteiger charge is -2.40. The van der Waals surface area contributed by atoms with Crippen LogP contribution in [0.3, 0.4) is 0 Å². The number of rotatable bonds is 2. The number of hydrogen-bond donors (Lipinski definition) is 3. The second-order valence-electron chi connectivity index (χ2n) is 6.46. The van der Waals surface area contributed by atoms with Gasteiger partial charge in [-0.05, 0) is 38.0 Å². The summed E-state index contributed by atoms with van der Waals surface area (Å²) in [5.41, 5.74) is 0. The van der Waals surface area contributed by atoms with Crippen LogP contribution in [0.25, 0.3) is 0 Å². The van der Waals surface area contributed by atoms with E-state index in [9.17, 15) is 14.4 Å². The summed E-state index contributed by atoms with van der Waals surface area (Å²) in [7, 11) is 0. The molecule has 3 N–H and O–H groups in total. The van der Waals surface area contributed by atoms with E-state index in [0.717, 1.165) is 19.3 Å². The van der Waals surface area contributed by atoms with Crippen LogP contribution in [-0.4, -0.2) is 35.8 Å². The van der Waals surface area contributed by atoms with Gasteiger partial charge >= 0.3 is 0 Å². The quantitative estimate of drug-likeness (QED) is 0.636.